The van der Waals surface area contributed by atoms with Gasteiger partial charge in [-0.15, -0.1) is 0 Å². The zero-order valence-corrected chi connectivity index (χ0v) is 22.0. The number of ketones is 1. The van der Waals surface area contributed by atoms with Crippen LogP contribution in [0.25, 0.3) is 0 Å². The highest BCUT2D eigenvalue weighted by Gasteiger charge is 2.68. The summed E-state index contributed by atoms with van der Waals surface area (Å²) in [7, 11) is 0. The Bertz CT molecular complexity index is 761. The van der Waals surface area contributed by atoms with Crippen LogP contribution in [0, 0.1) is 46.3 Å². The summed E-state index contributed by atoms with van der Waals surface area (Å²) < 4.78 is 5.46. The van der Waals surface area contributed by atoms with E-state index >= 15 is 0 Å². The van der Waals surface area contributed by atoms with Crippen molar-refractivity contribution < 1.29 is 19.4 Å². The van der Waals surface area contributed by atoms with Crippen molar-refractivity contribution in [3.05, 3.63) is 0 Å². The van der Waals surface area contributed by atoms with Gasteiger partial charge in [0.05, 0.1) is 0 Å². The molecule has 4 fully saturated rings. The maximum Gasteiger partial charge on any atom is 0.302 e. The molecule has 0 aromatic carbocycles. The van der Waals surface area contributed by atoms with E-state index in [0.29, 0.717) is 29.6 Å². The lowest BCUT2D eigenvalue weighted by molar-refractivity contribution is -0.217. The molecule has 4 heteroatoms. The highest BCUT2D eigenvalue weighted by Crippen LogP contribution is 2.68. The molecule has 0 bridgehead atoms. The van der Waals surface area contributed by atoms with Gasteiger partial charge in [0.25, 0.3) is 0 Å². The van der Waals surface area contributed by atoms with E-state index in [-0.39, 0.29) is 24.3 Å². The third-order valence-electron chi connectivity index (χ3n) is 11.1. The highest BCUT2D eigenvalue weighted by atomic mass is 16.5. The second-order valence-corrected chi connectivity index (χ2v) is 13.3. The molecule has 4 aliphatic rings. The Hall–Kier alpha value is -0.900. The standard InChI is InChI=1S/C29H48O4/c1-18(2)8-7-9-19(3)23-10-11-24-22-16-26(31)29(32)17-21(33-20(4)30)12-15-28(29,6)25(22)13-14-27(23,24)5/h18-19,21-25,32H,7-17H2,1-6H3. The Balaban J connectivity index is 1.52. The molecule has 0 aliphatic heterocycles. The van der Waals surface area contributed by atoms with Crippen LogP contribution in [-0.2, 0) is 14.3 Å². The third kappa shape index (κ3) is 4.10. The molecule has 0 amide bonds. The third-order valence-corrected chi connectivity index (χ3v) is 11.1. The van der Waals surface area contributed by atoms with Gasteiger partial charge in [-0.25, -0.2) is 0 Å². The second kappa shape index (κ2) is 8.95. The van der Waals surface area contributed by atoms with Crippen molar-refractivity contribution in [2.75, 3.05) is 0 Å². The molecule has 4 aliphatic carbocycles. The Morgan fingerprint density at radius 2 is 1.79 bits per heavy atom. The van der Waals surface area contributed by atoms with Crippen molar-refractivity contribution in [2.45, 2.75) is 124 Å². The molecule has 9 atom stereocenters. The molecule has 0 saturated heterocycles. The predicted molar refractivity (Wildman–Crippen MR) is 130 cm³/mol. The van der Waals surface area contributed by atoms with Crippen LogP contribution in [0.2, 0.25) is 0 Å². The lowest BCUT2D eigenvalue weighted by Crippen LogP contribution is -2.67. The molecule has 0 aromatic heterocycles. The van der Waals surface area contributed by atoms with Crippen LogP contribution in [0.4, 0.5) is 0 Å². The Labute approximate surface area is 201 Å². The summed E-state index contributed by atoms with van der Waals surface area (Å²) in [5, 5.41) is 11.8. The number of carbonyl (C=O) groups excluding carboxylic acids is 2. The normalized spacial score (nSPS) is 45.8. The maximum atomic E-state index is 13.6. The number of Topliss-reactive ketones (excluding diaryl/α,β-unsaturated/α-hetero) is 1. The van der Waals surface area contributed by atoms with Crippen molar-refractivity contribution in [3.8, 4) is 0 Å². The number of fused-ring (bicyclic) bond motifs is 5. The summed E-state index contributed by atoms with van der Waals surface area (Å²) in [6.45, 7) is 13.2. The molecule has 0 aromatic rings. The van der Waals surface area contributed by atoms with Gasteiger partial charge in [-0.2, -0.15) is 0 Å². The summed E-state index contributed by atoms with van der Waals surface area (Å²) >= 11 is 0. The summed E-state index contributed by atoms with van der Waals surface area (Å²) in [5.41, 5.74) is -1.41. The van der Waals surface area contributed by atoms with Crippen molar-refractivity contribution in [1.82, 2.24) is 0 Å². The van der Waals surface area contributed by atoms with E-state index in [1.807, 2.05) is 0 Å². The van der Waals surface area contributed by atoms with Gasteiger partial charge in [-0.3, -0.25) is 9.59 Å². The topological polar surface area (TPSA) is 63.6 Å². The SMILES string of the molecule is CC(=O)OC1CCC2(C)C3CCC4(C)C(C(C)CCCC(C)C)CCC4C3CC(=O)C2(O)C1. The van der Waals surface area contributed by atoms with Crippen LogP contribution in [0.3, 0.4) is 0 Å². The van der Waals surface area contributed by atoms with Gasteiger partial charge in [-0.05, 0) is 79.4 Å². The monoisotopic (exact) mass is 460 g/mol. The summed E-state index contributed by atoms with van der Waals surface area (Å²) in [6, 6.07) is 0. The summed E-state index contributed by atoms with van der Waals surface area (Å²) in [5.74, 6) is 3.39. The molecule has 4 saturated carbocycles. The van der Waals surface area contributed by atoms with Gasteiger partial charge in [0, 0.05) is 25.2 Å². The van der Waals surface area contributed by atoms with Crippen LogP contribution in [-0.4, -0.2) is 28.6 Å². The second-order valence-electron chi connectivity index (χ2n) is 13.3. The first-order chi connectivity index (χ1) is 15.4. The fraction of sp³-hybridized carbons (Fsp3) is 0.931. The molecular weight excluding hydrogens is 412 g/mol. The van der Waals surface area contributed by atoms with Crippen molar-refractivity contribution in [3.63, 3.8) is 0 Å². The Morgan fingerprint density at radius 3 is 2.45 bits per heavy atom. The molecule has 0 heterocycles. The lowest BCUT2D eigenvalue weighted by Gasteiger charge is -2.63. The lowest BCUT2D eigenvalue weighted by atomic mass is 9.42. The van der Waals surface area contributed by atoms with Crippen LogP contribution >= 0.6 is 0 Å². The molecular formula is C29H48O4. The Morgan fingerprint density at radius 1 is 1.06 bits per heavy atom. The zero-order valence-electron chi connectivity index (χ0n) is 22.0. The van der Waals surface area contributed by atoms with E-state index in [9.17, 15) is 14.7 Å². The molecule has 0 spiro atoms. The first-order valence-electron chi connectivity index (χ1n) is 13.8. The average Bonchev–Trinajstić information content (AvgIpc) is 3.07. The van der Waals surface area contributed by atoms with Gasteiger partial charge in [0.2, 0.25) is 0 Å². The van der Waals surface area contributed by atoms with Gasteiger partial charge in [-0.1, -0.05) is 53.9 Å². The van der Waals surface area contributed by atoms with Gasteiger partial charge >= 0.3 is 5.97 Å². The number of carbonyl (C=O) groups is 2. The van der Waals surface area contributed by atoms with Gasteiger partial charge < -0.3 is 9.84 Å². The highest BCUT2D eigenvalue weighted by molar-refractivity contribution is 5.89. The minimum atomic E-state index is -1.34. The van der Waals surface area contributed by atoms with Crippen LogP contribution < -0.4 is 0 Å². The van der Waals surface area contributed by atoms with Crippen molar-refractivity contribution >= 4 is 11.8 Å². The molecule has 4 nitrogen and oxygen atoms in total. The van der Waals surface area contributed by atoms with E-state index in [1.165, 1.54) is 45.4 Å². The van der Waals surface area contributed by atoms with E-state index in [0.717, 1.165) is 37.0 Å². The fourth-order valence-corrected chi connectivity index (χ4v) is 9.36. The van der Waals surface area contributed by atoms with Crippen LogP contribution in [0.15, 0.2) is 0 Å². The largest absolute Gasteiger partial charge is 0.462 e. The van der Waals surface area contributed by atoms with Crippen molar-refractivity contribution in [1.29, 1.82) is 0 Å². The summed E-state index contributed by atoms with van der Waals surface area (Å²) in [4.78, 5) is 25.1. The van der Waals surface area contributed by atoms with Crippen molar-refractivity contribution in [2.24, 2.45) is 46.3 Å². The first-order valence-corrected chi connectivity index (χ1v) is 13.8. The molecule has 1 N–H and O–H groups in total. The molecule has 0 radical (unpaired) electrons. The molecule has 4 rings (SSSR count). The number of ether oxygens (including phenoxy) is 1. The quantitative estimate of drug-likeness (QED) is 0.470. The first kappa shape index (κ1) is 25.2. The number of hydrogen-bond donors (Lipinski definition) is 1. The number of rotatable bonds is 6. The number of hydrogen-bond acceptors (Lipinski definition) is 4. The average molecular weight is 461 g/mol. The van der Waals surface area contributed by atoms with Gasteiger partial charge in [0.15, 0.2) is 5.78 Å². The van der Waals surface area contributed by atoms with E-state index in [4.69, 9.17) is 4.74 Å². The molecule has 33 heavy (non-hydrogen) atoms. The minimum Gasteiger partial charge on any atom is -0.462 e. The smallest absolute Gasteiger partial charge is 0.302 e. The maximum absolute atomic E-state index is 13.6. The van der Waals surface area contributed by atoms with E-state index < -0.39 is 11.0 Å². The zero-order chi connectivity index (χ0) is 24.2. The van der Waals surface area contributed by atoms with Crippen LogP contribution in [0.1, 0.15) is 112 Å². The fourth-order valence-electron chi connectivity index (χ4n) is 9.36. The van der Waals surface area contributed by atoms with E-state index in [1.54, 1.807) is 0 Å². The number of aliphatic hydroxyl groups is 1. The van der Waals surface area contributed by atoms with Gasteiger partial charge in [0.1, 0.15) is 11.7 Å². The summed E-state index contributed by atoms with van der Waals surface area (Å²) in [6.07, 6.45) is 10.9. The van der Waals surface area contributed by atoms with E-state index in [2.05, 4.69) is 34.6 Å². The Kier molecular flexibility index (Phi) is 6.84. The minimum absolute atomic E-state index is 0.0146. The number of esters is 1. The van der Waals surface area contributed by atoms with Crippen LogP contribution in [0.5, 0.6) is 0 Å². The molecule has 9 unspecified atom stereocenters. The molecule has 188 valence electrons. The predicted octanol–water partition coefficient (Wildman–Crippen LogP) is 6.33.